The summed E-state index contributed by atoms with van der Waals surface area (Å²) in [4.78, 5) is 21.8. The van der Waals surface area contributed by atoms with Gasteiger partial charge in [0, 0.05) is 5.56 Å². The largest absolute Gasteiger partial charge is 0.298 e. The molecular weight excluding hydrogens is 226 g/mol. The molecule has 0 saturated heterocycles. The van der Waals surface area contributed by atoms with Crippen LogP contribution in [-0.4, -0.2) is 12.1 Å². The maximum absolute atomic E-state index is 11.2. The van der Waals surface area contributed by atoms with Crippen LogP contribution in [0.4, 0.5) is 0 Å². The van der Waals surface area contributed by atoms with E-state index < -0.39 is 5.38 Å². The summed E-state index contributed by atoms with van der Waals surface area (Å²) >= 11 is 5.93. The number of hydrogen-bond acceptors (Lipinski definition) is 3. The van der Waals surface area contributed by atoms with E-state index >= 15 is 0 Å². The molecule has 1 rings (SSSR count). The predicted octanol–water partition coefficient (Wildman–Crippen LogP) is 2.43. The number of nitriles is 1. The molecule has 1 atom stereocenters. The van der Waals surface area contributed by atoms with E-state index in [4.69, 9.17) is 16.9 Å². The molecule has 16 heavy (non-hydrogen) atoms. The first-order valence-electron chi connectivity index (χ1n) is 4.69. The Bertz CT molecular complexity index is 463. The van der Waals surface area contributed by atoms with Crippen molar-refractivity contribution in [3.63, 3.8) is 0 Å². The standard InChI is InChI=1S/C12H10ClNO2/c1-8(16)12(13)11-3-2-9(7-15)6-10(11)4-5-14/h2-3,6-7,12H,4H2,1H3. The average molecular weight is 236 g/mol. The van der Waals surface area contributed by atoms with Gasteiger partial charge in [0.05, 0.1) is 12.5 Å². The fourth-order valence-electron chi connectivity index (χ4n) is 1.40. The van der Waals surface area contributed by atoms with E-state index in [2.05, 4.69) is 0 Å². The molecule has 82 valence electrons. The van der Waals surface area contributed by atoms with Crippen LogP contribution < -0.4 is 0 Å². The van der Waals surface area contributed by atoms with Crippen molar-refractivity contribution in [2.24, 2.45) is 0 Å². The third kappa shape index (κ3) is 2.68. The van der Waals surface area contributed by atoms with Crippen molar-refractivity contribution in [1.29, 1.82) is 5.26 Å². The summed E-state index contributed by atoms with van der Waals surface area (Å²) in [7, 11) is 0. The smallest absolute Gasteiger partial charge is 0.152 e. The van der Waals surface area contributed by atoms with Gasteiger partial charge in [0.1, 0.15) is 11.7 Å². The molecule has 0 aliphatic rings. The van der Waals surface area contributed by atoms with Crippen molar-refractivity contribution in [3.05, 3.63) is 34.9 Å². The van der Waals surface area contributed by atoms with Gasteiger partial charge in [0.25, 0.3) is 0 Å². The minimum Gasteiger partial charge on any atom is -0.298 e. The Morgan fingerprint density at radius 3 is 2.81 bits per heavy atom. The number of nitrogens with zero attached hydrogens (tertiary/aromatic N) is 1. The number of alkyl halides is 1. The van der Waals surface area contributed by atoms with Gasteiger partial charge < -0.3 is 0 Å². The summed E-state index contributed by atoms with van der Waals surface area (Å²) in [5.41, 5.74) is 1.70. The molecule has 0 radical (unpaired) electrons. The van der Waals surface area contributed by atoms with Crippen molar-refractivity contribution in [2.45, 2.75) is 18.7 Å². The van der Waals surface area contributed by atoms with Crippen molar-refractivity contribution >= 4 is 23.7 Å². The van der Waals surface area contributed by atoms with E-state index in [1.807, 2.05) is 6.07 Å². The van der Waals surface area contributed by atoms with Crippen LogP contribution in [0.5, 0.6) is 0 Å². The zero-order valence-corrected chi connectivity index (χ0v) is 9.49. The van der Waals surface area contributed by atoms with Crippen molar-refractivity contribution in [3.8, 4) is 6.07 Å². The Labute approximate surface area is 98.6 Å². The summed E-state index contributed by atoms with van der Waals surface area (Å²) in [5, 5.41) is 7.90. The number of Topliss-reactive ketones (excluding diaryl/α,β-unsaturated/α-hetero) is 1. The Morgan fingerprint density at radius 2 is 2.31 bits per heavy atom. The SMILES string of the molecule is CC(=O)C(Cl)c1ccc(C=O)cc1CC#N. The van der Waals surface area contributed by atoms with Crippen LogP contribution in [0.3, 0.4) is 0 Å². The highest BCUT2D eigenvalue weighted by molar-refractivity contribution is 6.30. The normalized spacial score (nSPS) is 11.6. The molecule has 0 aromatic heterocycles. The second-order valence-corrected chi connectivity index (χ2v) is 3.82. The van der Waals surface area contributed by atoms with Gasteiger partial charge >= 0.3 is 0 Å². The number of ketones is 1. The minimum absolute atomic E-state index is 0.132. The number of aldehydes is 1. The molecule has 0 aliphatic heterocycles. The summed E-state index contributed by atoms with van der Waals surface area (Å²) < 4.78 is 0. The molecule has 0 saturated carbocycles. The van der Waals surface area contributed by atoms with Crippen LogP contribution in [0.15, 0.2) is 18.2 Å². The van der Waals surface area contributed by atoms with E-state index in [1.165, 1.54) is 6.92 Å². The summed E-state index contributed by atoms with van der Waals surface area (Å²) in [6.07, 6.45) is 0.829. The Kier molecular flexibility index (Phi) is 4.21. The van der Waals surface area contributed by atoms with E-state index in [1.54, 1.807) is 18.2 Å². The highest BCUT2D eigenvalue weighted by atomic mass is 35.5. The van der Waals surface area contributed by atoms with Crippen LogP contribution in [0.1, 0.15) is 33.8 Å². The number of carbonyl (C=O) groups excluding carboxylic acids is 2. The highest BCUT2D eigenvalue weighted by Gasteiger charge is 2.17. The summed E-state index contributed by atoms with van der Waals surface area (Å²) in [6.45, 7) is 1.39. The van der Waals surface area contributed by atoms with Crippen LogP contribution in [0.2, 0.25) is 0 Å². The van der Waals surface area contributed by atoms with Gasteiger partial charge in [0.15, 0.2) is 5.78 Å². The second kappa shape index (κ2) is 5.43. The lowest BCUT2D eigenvalue weighted by molar-refractivity contribution is -0.116. The zero-order valence-electron chi connectivity index (χ0n) is 8.74. The molecule has 0 bridgehead atoms. The molecular formula is C12H10ClNO2. The number of benzene rings is 1. The van der Waals surface area contributed by atoms with Crippen LogP contribution in [-0.2, 0) is 11.2 Å². The van der Waals surface area contributed by atoms with E-state index in [0.717, 1.165) is 0 Å². The molecule has 4 heteroatoms. The summed E-state index contributed by atoms with van der Waals surface area (Å²) in [5.74, 6) is -0.181. The Morgan fingerprint density at radius 1 is 1.62 bits per heavy atom. The van der Waals surface area contributed by atoms with Gasteiger partial charge in [-0.05, 0) is 24.1 Å². The molecule has 0 heterocycles. The minimum atomic E-state index is -0.760. The zero-order chi connectivity index (χ0) is 12.1. The van der Waals surface area contributed by atoms with Crippen molar-refractivity contribution in [2.75, 3.05) is 0 Å². The highest BCUT2D eigenvalue weighted by Crippen LogP contribution is 2.26. The van der Waals surface area contributed by atoms with Gasteiger partial charge in [-0.15, -0.1) is 11.6 Å². The van der Waals surface area contributed by atoms with E-state index in [9.17, 15) is 9.59 Å². The molecule has 0 spiro atoms. The van der Waals surface area contributed by atoms with Crippen LogP contribution >= 0.6 is 11.6 Å². The quantitative estimate of drug-likeness (QED) is 0.595. The average Bonchev–Trinajstić information content (AvgIpc) is 2.28. The lowest BCUT2D eigenvalue weighted by atomic mass is 9.98. The van der Waals surface area contributed by atoms with Crippen LogP contribution in [0.25, 0.3) is 0 Å². The molecule has 0 N–H and O–H groups in total. The topological polar surface area (TPSA) is 57.9 Å². The molecule has 1 aromatic carbocycles. The van der Waals surface area contributed by atoms with Gasteiger partial charge in [-0.2, -0.15) is 5.26 Å². The fraction of sp³-hybridized carbons (Fsp3) is 0.250. The van der Waals surface area contributed by atoms with Gasteiger partial charge in [-0.1, -0.05) is 12.1 Å². The Balaban J connectivity index is 3.22. The predicted molar refractivity (Wildman–Crippen MR) is 60.4 cm³/mol. The molecule has 0 amide bonds. The molecule has 1 aromatic rings. The lowest BCUT2D eigenvalue weighted by Crippen LogP contribution is -2.05. The van der Waals surface area contributed by atoms with Crippen molar-refractivity contribution < 1.29 is 9.59 Å². The first-order chi connectivity index (χ1) is 7.60. The van der Waals surface area contributed by atoms with E-state index in [-0.39, 0.29) is 12.2 Å². The number of hydrogen-bond donors (Lipinski definition) is 0. The second-order valence-electron chi connectivity index (χ2n) is 3.38. The first-order valence-corrected chi connectivity index (χ1v) is 5.13. The third-order valence-electron chi connectivity index (χ3n) is 2.20. The molecule has 1 unspecified atom stereocenters. The molecule has 0 fully saturated rings. The summed E-state index contributed by atoms with van der Waals surface area (Å²) in [6, 6.07) is 6.78. The van der Waals surface area contributed by atoms with Crippen molar-refractivity contribution in [1.82, 2.24) is 0 Å². The van der Waals surface area contributed by atoms with Gasteiger partial charge in [-0.25, -0.2) is 0 Å². The lowest BCUT2D eigenvalue weighted by Gasteiger charge is -2.10. The third-order valence-corrected chi connectivity index (χ3v) is 2.74. The number of carbonyl (C=O) groups is 2. The van der Waals surface area contributed by atoms with E-state index in [0.29, 0.717) is 23.0 Å². The fourth-order valence-corrected chi connectivity index (χ4v) is 1.62. The maximum Gasteiger partial charge on any atom is 0.152 e. The monoisotopic (exact) mass is 235 g/mol. The van der Waals surface area contributed by atoms with Gasteiger partial charge in [0.2, 0.25) is 0 Å². The first kappa shape index (κ1) is 12.4. The number of rotatable bonds is 4. The van der Waals surface area contributed by atoms with Crippen LogP contribution in [0, 0.1) is 11.3 Å². The maximum atomic E-state index is 11.2. The Hall–Kier alpha value is -1.66. The molecule has 0 aliphatic carbocycles. The number of halogens is 1. The van der Waals surface area contributed by atoms with Gasteiger partial charge in [-0.3, -0.25) is 9.59 Å². The molecule has 3 nitrogen and oxygen atoms in total.